The molecule has 192 valence electrons. The number of nitro groups is 1. The molecule has 0 amide bonds. The molecule has 0 bridgehead atoms. The molecule has 39 heavy (non-hydrogen) atoms. The highest BCUT2D eigenvalue weighted by atomic mass is 16.6. The van der Waals surface area contributed by atoms with Crippen LogP contribution in [0.2, 0.25) is 0 Å². The predicted molar refractivity (Wildman–Crippen MR) is 152 cm³/mol. The summed E-state index contributed by atoms with van der Waals surface area (Å²) >= 11 is 0. The maximum atomic E-state index is 11.6. The first kappa shape index (κ1) is 24.2. The smallest absolute Gasteiger partial charge is 0.269 e. The van der Waals surface area contributed by atoms with E-state index in [-0.39, 0.29) is 16.7 Å². The minimum atomic E-state index is -0.380. The molecule has 0 aliphatic carbocycles. The summed E-state index contributed by atoms with van der Waals surface area (Å²) in [5.41, 5.74) is 6.26. The van der Waals surface area contributed by atoms with E-state index in [1.54, 1.807) is 24.3 Å². The molecule has 8 nitrogen and oxygen atoms in total. The highest BCUT2D eigenvalue weighted by Gasteiger charge is 2.33. The molecule has 0 fully saturated rings. The van der Waals surface area contributed by atoms with Crippen LogP contribution in [-0.4, -0.2) is 27.7 Å². The van der Waals surface area contributed by atoms with E-state index in [2.05, 4.69) is 31.2 Å². The first-order chi connectivity index (χ1) is 19.0. The van der Waals surface area contributed by atoms with Crippen molar-refractivity contribution in [1.29, 1.82) is 0 Å². The summed E-state index contributed by atoms with van der Waals surface area (Å²) in [6.45, 7) is 2.05. The van der Waals surface area contributed by atoms with E-state index >= 15 is 0 Å². The Kier molecular flexibility index (Phi) is 6.20. The van der Waals surface area contributed by atoms with Gasteiger partial charge in [-0.2, -0.15) is 5.10 Å². The van der Waals surface area contributed by atoms with Gasteiger partial charge in [-0.1, -0.05) is 72.3 Å². The van der Waals surface area contributed by atoms with Gasteiger partial charge in [-0.05, 0) is 30.7 Å². The Morgan fingerprint density at radius 2 is 1.69 bits per heavy atom. The van der Waals surface area contributed by atoms with Crippen molar-refractivity contribution in [3.8, 4) is 17.0 Å². The van der Waals surface area contributed by atoms with Crippen LogP contribution >= 0.6 is 0 Å². The van der Waals surface area contributed by atoms with Crippen molar-refractivity contribution >= 4 is 28.3 Å². The molecule has 1 aliphatic rings. The third-order valence-corrected chi connectivity index (χ3v) is 6.90. The summed E-state index contributed by atoms with van der Waals surface area (Å²) in [6.07, 6.45) is 0.518. The predicted octanol–water partition coefficient (Wildman–Crippen LogP) is 6.88. The normalized spacial score (nSPS) is 14.9. The van der Waals surface area contributed by atoms with Crippen LogP contribution in [0.5, 0.6) is 5.75 Å². The number of para-hydroxylation sites is 1. The maximum absolute atomic E-state index is 11.6. The van der Waals surface area contributed by atoms with Crippen LogP contribution < -0.4 is 9.75 Å². The summed E-state index contributed by atoms with van der Waals surface area (Å²) in [6, 6.07) is 30.2. The Balaban J connectivity index is 1.53. The number of fused-ring (bicyclic) bond motifs is 1. The summed E-state index contributed by atoms with van der Waals surface area (Å²) in [4.78, 5) is 21.1. The second-order valence-corrected chi connectivity index (χ2v) is 9.45. The van der Waals surface area contributed by atoms with Gasteiger partial charge in [0.05, 0.1) is 35.0 Å². The van der Waals surface area contributed by atoms with Gasteiger partial charge in [-0.25, -0.2) is 15.0 Å². The van der Waals surface area contributed by atoms with E-state index in [1.165, 1.54) is 6.07 Å². The molecule has 0 saturated carbocycles. The van der Waals surface area contributed by atoms with Gasteiger partial charge in [-0.3, -0.25) is 10.1 Å². The zero-order valence-corrected chi connectivity index (χ0v) is 21.5. The molecule has 2 heterocycles. The molecule has 8 heteroatoms. The number of benzene rings is 4. The average Bonchev–Trinajstić information content (AvgIpc) is 3.43. The van der Waals surface area contributed by atoms with Gasteiger partial charge in [0, 0.05) is 35.1 Å². The first-order valence-electron chi connectivity index (χ1n) is 12.6. The Labute approximate surface area is 225 Å². The third-order valence-electron chi connectivity index (χ3n) is 6.90. The van der Waals surface area contributed by atoms with Crippen LogP contribution in [0.25, 0.3) is 22.2 Å². The minimum absolute atomic E-state index is 0.0297. The number of aryl methyl sites for hydroxylation is 1. The lowest BCUT2D eigenvalue weighted by molar-refractivity contribution is -0.384. The van der Waals surface area contributed by atoms with Crippen LogP contribution in [0.15, 0.2) is 102 Å². The third kappa shape index (κ3) is 4.68. The molecule has 0 saturated heterocycles. The Bertz CT molecular complexity index is 1730. The van der Waals surface area contributed by atoms with Gasteiger partial charge in [0.25, 0.3) is 5.69 Å². The SMILES string of the molecule is COc1cccc(C2=NN(c3nc(-c4ccc(C)cc4)c4ccccc4n3)C(c3cccc([N+](=O)[O-])c3)C2)c1. The van der Waals surface area contributed by atoms with E-state index in [9.17, 15) is 10.1 Å². The number of nitro benzene ring substituents is 1. The molecular formula is C31H25N5O3. The van der Waals surface area contributed by atoms with Crippen molar-refractivity contribution < 1.29 is 9.66 Å². The van der Waals surface area contributed by atoms with E-state index < -0.39 is 0 Å². The van der Waals surface area contributed by atoms with Crippen molar-refractivity contribution in [3.63, 3.8) is 0 Å². The largest absolute Gasteiger partial charge is 0.497 e. The van der Waals surface area contributed by atoms with Crippen LogP contribution in [0.3, 0.4) is 0 Å². The Morgan fingerprint density at radius 1 is 0.897 bits per heavy atom. The number of hydrogen-bond acceptors (Lipinski definition) is 7. The monoisotopic (exact) mass is 515 g/mol. The number of nitrogens with zero attached hydrogens (tertiary/aromatic N) is 5. The summed E-state index contributed by atoms with van der Waals surface area (Å²) in [5, 5.41) is 19.3. The van der Waals surface area contributed by atoms with Gasteiger partial charge in [0.2, 0.25) is 5.95 Å². The minimum Gasteiger partial charge on any atom is -0.497 e. The van der Waals surface area contributed by atoms with Crippen LogP contribution in [-0.2, 0) is 0 Å². The molecule has 0 N–H and O–H groups in total. The lowest BCUT2D eigenvalue weighted by Crippen LogP contribution is -2.21. The molecule has 6 rings (SSSR count). The molecule has 1 aliphatic heterocycles. The number of non-ortho nitro benzene ring substituents is 1. The fourth-order valence-electron chi connectivity index (χ4n) is 4.88. The molecule has 1 unspecified atom stereocenters. The van der Waals surface area contributed by atoms with Crippen molar-refractivity contribution in [1.82, 2.24) is 9.97 Å². The highest BCUT2D eigenvalue weighted by Crippen LogP contribution is 2.38. The van der Waals surface area contributed by atoms with Gasteiger partial charge in [0.1, 0.15) is 5.75 Å². The molecule has 4 aromatic carbocycles. The number of hydrazone groups is 1. The van der Waals surface area contributed by atoms with Gasteiger partial charge < -0.3 is 4.74 Å². The molecule has 0 radical (unpaired) electrons. The molecule has 1 atom stereocenters. The van der Waals surface area contributed by atoms with Crippen molar-refractivity contribution in [2.24, 2.45) is 5.10 Å². The molecule has 5 aromatic rings. The molecule has 1 aromatic heterocycles. The molecule has 0 spiro atoms. The Hall–Kier alpha value is -5.11. The standard InChI is InChI=1S/C31H25N5O3/c1-20-13-15-21(16-14-20)30-26-11-3-4-12-27(26)32-31(33-30)35-29(23-8-5-9-24(17-23)36(37)38)19-28(34-35)22-7-6-10-25(18-22)39-2/h3-18,29H,19H2,1-2H3. The van der Waals surface area contributed by atoms with Crippen molar-refractivity contribution in [3.05, 3.63) is 124 Å². The van der Waals surface area contributed by atoms with E-state index in [4.69, 9.17) is 19.8 Å². The highest BCUT2D eigenvalue weighted by molar-refractivity contribution is 6.03. The lowest BCUT2D eigenvalue weighted by Gasteiger charge is -2.23. The van der Waals surface area contributed by atoms with Crippen LogP contribution in [0.4, 0.5) is 11.6 Å². The average molecular weight is 516 g/mol. The lowest BCUT2D eigenvalue weighted by atomic mass is 9.98. The number of hydrogen-bond donors (Lipinski definition) is 0. The van der Waals surface area contributed by atoms with Gasteiger partial charge in [0.15, 0.2) is 0 Å². The second-order valence-electron chi connectivity index (χ2n) is 9.45. The zero-order valence-electron chi connectivity index (χ0n) is 21.5. The van der Waals surface area contributed by atoms with E-state index in [0.29, 0.717) is 12.4 Å². The summed E-state index contributed by atoms with van der Waals surface area (Å²) in [5.74, 6) is 1.16. The van der Waals surface area contributed by atoms with Gasteiger partial charge >= 0.3 is 0 Å². The number of anilines is 1. The fraction of sp³-hybridized carbons (Fsp3) is 0.129. The van der Waals surface area contributed by atoms with E-state index in [0.717, 1.165) is 50.3 Å². The molecular weight excluding hydrogens is 490 g/mol. The van der Waals surface area contributed by atoms with Crippen LogP contribution in [0, 0.1) is 17.0 Å². The second kappa shape index (κ2) is 9.98. The van der Waals surface area contributed by atoms with Crippen molar-refractivity contribution in [2.45, 2.75) is 19.4 Å². The number of ether oxygens (including phenoxy) is 1. The van der Waals surface area contributed by atoms with Crippen LogP contribution in [0.1, 0.15) is 29.2 Å². The zero-order chi connectivity index (χ0) is 26.9. The Morgan fingerprint density at radius 3 is 2.49 bits per heavy atom. The maximum Gasteiger partial charge on any atom is 0.269 e. The number of rotatable bonds is 6. The number of aromatic nitrogens is 2. The summed E-state index contributed by atoms with van der Waals surface area (Å²) < 4.78 is 5.43. The fourth-order valence-corrected chi connectivity index (χ4v) is 4.88. The summed E-state index contributed by atoms with van der Waals surface area (Å²) in [7, 11) is 1.63. The number of methoxy groups -OCH3 is 1. The van der Waals surface area contributed by atoms with E-state index in [1.807, 2.05) is 54.6 Å². The quantitative estimate of drug-likeness (QED) is 0.181. The van der Waals surface area contributed by atoms with Gasteiger partial charge in [-0.15, -0.1) is 0 Å². The topological polar surface area (TPSA) is 93.8 Å². The van der Waals surface area contributed by atoms with Crippen molar-refractivity contribution in [2.75, 3.05) is 12.1 Å². The first-order valence-corrected chi connectivity index (χ1v) is 12.6.